The number of unbranched alkanes of at least 4 members (excludes halogenated alkanes) is 1. The molecule has 11 heteroatoms. The molecule has 1 aromatic heterocycles. The van der Waals surface area contributed by atoms with Gasteiger partial charge in [0.15, 0.2) is 5.78 Å². The molecule has 2 aliphatic rings. The van der Waals surface area contributed by atoms with Gasteiger partial charge in [-0.15, -0.1) is 0 Å². The molecular weight excluding hydrogens is 526 g/mol. The molecule has 3 atom stereocenters. The Hall–Kier alpha value is -3.28. The second-order valence-electron chi connectivity index (χ2n) is 11.2. The third-order valence-corrected chi connectivity index (χ3v) is 7.90. The first-order valence-electron chi connectivity index (χ1n) is 14.6. The molecule has 2 saturated heterocycles. The van der Waals surface area contributed by atoms with E-state index in [0.29, 0.717) is 51.3 Å². The molecular formula is C30H43N5O6. The highest BCUT2D eigenvalue weighted by Crippen LogP contribution is 2.24. The fourth-order valence-corrected chi connectivity index (χ4v) is 5.74. The highest BCUT2D eigenvalue weighted by Gasteiger charge is 2.38. The number of aromatic nitrogens is 2. The van der Waals surface area contributed by atoms with Crippen molar-refractivity contribution in [2.24, 2.45) is 11.8 Å². The van der Waals surface area contributed by atoms with Crippen LogP contribution in [0.25, 0.3) is 5.69 Å². The molecule has 1 unspecified atom stereocenters. The number of carboxylic acid groups (broad SMARTS) is 1. The number of nitrogens with zero attached hydrogens (tertiary/aromatic N) is 4. The summed E-state index contributed by atoms with van der Waals surface area (Å²) in [5.74, 6) is -0.679. The zero-order valence-corrected chi connectivity index (χ0v) is 24.3. The van der Waals surface area contributed by atoms with Gasteiger partial charge in [0.2, 0.25) is 5.91 Å². The second kappa shape index (κ2) is 14.6. The second-order valence-corrected chi connectivity index (χ2v) is 11.2. The van der Waals surface area contributed by atoms with E-state index in [1.54, 1.807) is 18.2 Å². The fraction of sp³-hybridized carbons (Fsp3) is 0.600. The van der Waals surface area contributed by atoms with Crippen molar-refractivity contribution in [3.63, 3.8) is 0 Å². The highest BCUT2D eigenvalue weighted by atomic mass is 16.5. The van der Waals surface area contributed by atoms with E-state index < -0.39 is 18.1 Å². The molecule has 11 nitrogen and oxygen atoms in total. The molecule has 3 heterocycles. The monoisotopic (exact) mass is 569 g/mol. The van der Waals surface area contributed by atoms with Gasteiger partial charge < -0.3 is 29.7 Å². The number of carbonyl (C=O) groups excluding carboxylic acids is 2. The number of benzene rings is 1. The van der Waals surface area contributed by atoms with E-state index in [4.69, 9.17) is 9.47 Å². The zero-order valence-electron chi connectivity index (χ0n) is 24.3. The number of rotatable bonds is 12. The van der Waals surface area contributed by atoms with E-state index >= 15 is 0 Å². The third kappa shape index (κ3) is 7.72. The standard InChI is InChI=1S/C30H43N5O6/c1-21(2)27(32-23-17-22(19-34(20-23)30(38)39)29(37)33-12-15-41-16-13-33)28(36)25-18-31-35(24-9-5-4-6-10-24)26(25)11-7-8-14-40-3/h4-6,9-10,18,21-23,27,32H,7-8,11-17,19-20H2,1-3H3,(H,38,39)/t22-,23+,27?/m1/s1. The van der Waals surface area contributed by atoms with Crippen LogP contribution in [0.5, 0.6) is 0 Å². The average Bonchev–Trinajstić information content (AvgIpc) is 3.41. The molecule has 0 radical (unpaired) electrons. The summed E-state index contributed by atoms with van der Waals surface area (Å²) >= 11 is 0. The summed E-state index contributed by atoms with van der Waals surface area (Å²) in [6.07, 6.45) is 3.41. The van der Waals surface area contributed by atoms with Crippen LogP contribution in [0.15, 0.2) is 36.5 Å². The van der Waals surface area contributed by atoms with E-state index in [2.05, 4.69) is 10.4 Å². The van der Waals surface area contributed by atoms with Crippen molar-refractivity contribution >= 4 is 17.8 Å². The van der Waals surface area contributed by atoms with Crippen LogP contribution in [0.3, 0.4) is 0 Å². The Morgan fingerprint density at radius 3 is 2.49 bits per heavy atom. The van der Waals surface area contributed by atoms with E-state index in [-0.39, 0.29) is 36.7 Å². The van der Waals surface area contributed by atoms with Gasteiger partial charge in [-0.3, -0.25) is 9.59 Å². The number of likely N-dealkylation sites (tertiary alicyclic amines) is 1. The first-order valence-corrected chi connectivity index (χ1v) is 14.6. The van der Waals surface area contributed by atoms with Crippen LogP contribution in [-0.2, 0) is 20.7 Å². The van der Waals surface area contributed by atoms with Gasteiger partial charge in [-0.1, -0.05) is 32.0 Å². The summed E-state index contributed by atoms with van der Waals surface area (Å²) in [5, 5.41) is 17.9. The number of methoxy groups -OCH3 is 1. The largest absolute Gasteiger partial charge is 0.465 e. The van der Waals surface area contributed by atoms with E-state index in [0.717, 1.165) is 24.2 Å². The topological polar surface area (TPSA) is 126 Å². The van der Waals surface area contributed by atoms with Crippen molar-refractivity contribution in [2.45, 2.75) is 51.6 Å². The number of ether oxygens (including phenoxy) is 2. The van der Waals surface area contributed by atoms with Gasteiger partial charge in [0.05, 0.1) is 48.3 Å². The van der Waals surface area contributed by atoms with Crippen molar-refractivity contribution < 1.29 is 29.0 Å². The molecule has 0 aliphatic carbocycles. The maximum Gasteiger partial charge on any atom is 0.407 e. The molecule has 224 valence electrons. The minimum atomic E-state index is -1.06. The molecule has 0 bridgehead atoms. The number of hydrogen-bond donors (Lipinski definition) is 2. The molecule has 2 aromatic rings. The van der Waals surface area contributed by atoms with E-state index in [1.807, 2.05) is 48.9 Å². The fourth-order valence-electron chi connectivity index (χ4n) is 5.74. The number of amides is 2. The predicted molar refractivity (Wildman–Crippen MR) is 153 cm³/mol. The minimum Gasteiger partial charge on any atom is -0.465 e. The third-order valence-electron chi connectivity index (χ3n) is 7.90. The van der Waals surface area contributed by atoms with Gasteiger partial charge in [0.25, 0.3) is 0 Å². The van der Waals surface area contributed by atoms with Crippen molar-refractivity contribution in [2.75, 3.05) is 53.1 Å². The number of piperidine rings is 1. The molecule has 2 amide bonds. The first-order chi connectivity index (χ1) is 19.8. The van der Waals surface area contributed by atoms with Gasteiger partial charge >= 0.3 is 6.09 Å². The van der Waals surface area contributed by atoms with Gasteiger partial charge in [0.1, 0.15) is 0 Å². The van der Waals surface area contributed by atoms with E-state index in [9.17, 15) is 19.5 Å². The average molecular weight is 570 g/mol. The maximum absolute atomic E-state index is 14.1. The van der Waals surface area contributed by atoms with Crippen molar-refractivity contribution in [1.29, 1.82) is 0 Å². The summed E-state index contributed by atoms with van der Waals surface area (Å²) in [6, 6.07) is 8.84. The molecule has 0 spiro atoms. The smallest absolute Gasteiger partial charge is 0.407 e. The van der Waals surface area contributed by atoms with E-state index in [1.165, 1.54) is 4.90 Å². The molecule has 2 fully saturated rings. The Bertz CT molecular complexity index is 1160. The Kier molecular flexibility index (Phi) is 10.9. The number of Topliss-reactive ketones (excluding diaryl/α,β-unsaturated/α-hetero) is 1. The number of para-hydroxylation sites is 1. The highest BCUT2D eigenvalue weighted by molar-refractivity contribution is 6.01. The summed E-state index contributed by atoms with van der Waals surface area (Å²) in [5.41, 5.74) is 2.29. The molecule has 2 aliphatic heterocycles. The Labute approximate surface area is 241 Å². The lowest BCUT2D eigenvalue weighted by Crippen LogP contribution is -2.58. The molecule has 1 aromatic carbocycles. The normalized spacial score (nSPS) is 20.3. The minimum absolute atomic E-state index is 0.0547. The number of morpholine rings is 1. The predicted octanol–water partition coefficient (Wildman–Crippen LogP) is 2.87. The molecule has 41 heavy (non-hydrogen) atoms. The van der Waals surface area contributed by atoms with Gasteiger partial charge in [0, 0.05) is 45.9 Å². The van der Waals surface area contributed by atoms with Crippen LogP contribution in [0.1, 0.15) is 49.2 Å². The summed E-state index contributed by atoms with van der Waals surface area (Å²) in [6.45, 7) is 6.94. The molecule has 2 N–H and O–H groups in total. The van der Waals surface area contributed by atoms with Gasteiger partial charge in [-0.05, 0) is 43.7 Å². The Morgan fingerprint density at radius 2 is 1.83 bits per heavy atom. The van der Waals surface area contributed by atoms with Crippen LogP contribution in [0.4, 0.5) is 4.79 Å². The Balaban J connectivity index is 1.56. The lowest BCUT2D eigenvalue weighted by atomic mass is 9.89. The van der Waals surface area contributed by atoms with Crippen LogP contribution in [-0.4, -0.2) is 108 Å². The number of carbonyl (C=O) groups is 3. The number of nitrogens with one attached hydrogen (secondary N) is 1. The lowest BCUT2D eigenvalue weighted by molar-refractivity contribution is -0.141. The van der Waals surface area contributed by atoms with Crippen LogP contribution in [0, 0.1) is 11.8 Å². The van der Waals surface area contributed by atoms with Crippen molar-refractivity contribution in [1.82, 2.24) is 24.9 Å². The van der Waals surface area contributed by atoms with Crippen molar-refractivity contribution in [3.05, 3.63) is 47.8 Å². The maximum atomic E-state index is 14.1. The zero-order chi connectivity index (χ0) is 29.4. The van der Waals surface area contributed by atoms with Gasteiger partial charge in [-0.2, -0.15) is 5.10 Å². The SMILES string of the molecule is COCCCCc1c(C(=O)C(N[C@H]2C[C@@H](C(=O)N3CCOCC3)CN(C(=O)O)C2)C(C)C)cnn1-c1ccccc1. The summed E-state index contributed by atoms with van der Waals surface area (Å²) in [7, 11) is 1.68. The van der Waals surface area contributed by atoms with Crippen LogP contribution in [0.2, 0.25) is 0 Å². The molecule has 4 rings (SSSR count). The van der Waals surface area contributed by atoms with Crippen LogP contribution >= 0.6 is 0 Å². The lowest BCUT2D eigenvalue weighted by Gasteiger charge is -2.40. The van der Waals surface area contributed by atoms with Crippen molar-refractivity contribution in [3.8, 4) is 5.69 Å². The molecule has 0 saturated carbocycles. The number of ketones is 1. The Morgan fingerprint density at radius 1 is 1.10 bits per heavy atom. The quantitative estimate of drug-likeness (QED) is 0.295. The summed E-state index contributed by atoms with van der Waals surface area (Å²) < 4.78 is 12.4. The van der Waals surface area contributed by atoms with Gasteiger partial charge in [-0.25, -0.2) is 9.48 Å². The number of hydrogen-bond acceptors (Lipinski definition) is 7. The first kappa shape index (κ1) is 30.7. The van der Waals surface area contributed by atoms with Crippen LogP contribution < -0.4 is 5.32 Å². The summed E-state index contributed by atoms with van der Waals surface area (Å²) in [4.78, 5) is 42.5.